The van der Waals surface area contributed by atoms with Crippen LogP contribution >= 0.6 is 0 Å². The van der Waals surface area contributed by atoms with E-state index in [1.54, 1.807) is 7.05 Å². The minimum atomic E-state index is 0.0381. The van der Waals surface area contributed by atoms with E-state index in [2.05, 4.69) is 20.9 Å². The molecule has 0 aromatic heterocycles. The number of aliphatic imine (C=N–C) groups is 1. The van der Waals surface area contributed by atoms with Crippen LogP contribution in [0, 0.1) is 11.8 Å². The summed E-state index contributed by atoms with van der Waals surface area (Å²) in [4.78, 5) is 31.2. The van der Waals surface area contributed by atoms with E-state index in [9.17, 15) is 9.59 Å². The number of rotatable bonds is 7. The second-order valence-corrected chi connectivity index (χ2v) is 9.52. The van der Waals surface area contributed by atoms with Gasteiger partial charge in [0.1, 0.15) is 0 Å². The molecule has 2 fully saturated rings. The number of nitrogens with one attached hydrogen (secondary N) is 3. The highest BCUT2D eigenvalue weighted by Crippen LogP contribution is 2.26. The highest BCUT2D eigenvalue weighted by Gasteiger charge is 2.31. The minimum Gasteiger partial charge on any atom is -0.352 e. The van der Waals surface area contributed by atoms with Gasteiger partial charge in [-0.3, -0.25) is 14.6 Å². The van der Waals surface area contributed by atoms with Crippen LogP contribution < -0.4 is 16.0 Å². The molecule has 7 nitrogen and oxygen atoms in total. The van der Waals surface area contributed by atoms with Gasteiger partial charge in [0.2, 0.25) is 11.8 Å². The van der Waals surface area contributed by atoms with Gasteiger partial charge in [-0.25, -0.2) is 0 Å². The molecular formula is C25H39N5O2. The van der Waals surface area contributed by atoms with Crippen LogP contribution in [0.4, 0.5) is 5.69 Å². The number of amides is 2. The molecule has 0 bridgehead atoms. The van der Waals surface area contributed by atoms with Crippen molar-refractivity contribution in [3.8, 4) is 0 Å². The van der Waals surface area contributed by atoms with Crippen LogP contribution in [0.25, 0.3) is 0 Å². The summed E-state index contributed by atoms with van der Waals surface area (Å²) in [6.45, 7) is 6.24. The Bertz CT molecular complexity index is 801. The fourth-order valence-corrected chi connectivity index (χ4v) is 4.60. The lowest BCUT2D eigenvalue weighted by atomic mass is 9.88. The molecule has 3 N–H and O–H groups in total. The van der Waals surface area contributed by atoms with Gasteiger partial charge in [0.25, 0.3) is 0 Å². The third-order valence-corrected chi connectivity index (χ3v) is 6.28. The number of likely N-dealkylation sites (tertiary alicyclic amines) is 1. The lowest BCUT2D eigenvalue weighted by Crippen LogP contribution is -2.45. The van der Waals surface area contributed by atoms with E-state index in [0.29, 0.717) is 24.8 Å². The standard InChI is InChI=1S/C25H39N5O2/c1-18(2)14-23(31)28-21-11-7-8-19(15-21)16-27-25(26-3)29-22-12-13-30(17-22)24(32)20-9-5-4-6-10-20/h7-8,11,15,18,20,22H,4-6,9-10,12-14,16-17H2,1-3H3,(H,28,31)(H2,26,27,29). The third kappa shape index (κ3) is 7.24. The zero-order valence-corrected chi connectivity index (χ0v) is 19.8. The van der Waals surface area contributed by atoms with Crippen LogP contribution in [-0.4, -0.2) is 48.9 Å². The monoisotopic (exact) mass is 441 g/mol. The Morgan fingerprint density at radius 2 is 1.94 bits per heavy atom. The molecule has 1 aliphatic carbocycles. The summed E-state index contributed by atoms with van der Waals surface area (Å²) in [7, 11) is 1.76. The van der Waals surface area contributed by atoms with Crippen molar-refractivity contribution < 1.29 is 9.59 Å². The maximum absolute atomic E-state index is 12.8. The maximum Gasteiger partial charge on any atom is 0.225 e. The molecule has 2 amide bonds. The Kier molecular flexibility index (Phi) is 8.94. The van der Waals surface area contributed by atoms with Crippen molar-refractivity contribution in [3.05, 3.63) is 29.8 Å². The molecule has 1 saturated heterocycles. The van der Waals surface area contributed by atoms with Crippen molar-refractivity contribution in [2.75, 3.05) is 25.5 Å². The summed E-state index contributed by atoms with van der Waals surface area (Å²) in [5.74, 6) is 1.67. The van der Waals surface area contributed by atoms with E-state index >= 15 is 0 Å². The molecule has 1 aromatic carbocycles. The molecule has 0 radical (unpaired) electrons. The van der Waals surface area contributed by atoms with E-state index < -0.39 is 0 Å². The van der Waals surface area contributed by atoms with Crippen molar-refractivity contribution in [3.63, 3.8) is 0 Å². The lowest BCUT2D eigenvalue weighted by molar-refractivity contribution is -0.135. The summed E-state index contributed by atoms with van der Waals surface area (Å²) in [5.41, 5.74) is 1.88. The van der Waals surface area contributed by atoms with E-state index in [-0.39, 0.29) is 17.9 Å². The van der Waals surface area contributed by atoms with E-state index in [0.717, 1.165) is 49.6 Å². The van der Waals surface area contributed by atoms with Crippen molar-refractivity contribution in [2.24, 2.45) is 16.8 Å². The Balaban J connectivity index is 1.45. The molecule has 32 heavy (non-hydrogen) atoms. The van der Waals surface area contributed by atoms with Gasteiger partial charge >= 0.3 is 0 Å². The first-order valence-electron chi connectivity index (χ1n) is 12.1. The average molecular weight is 442 g/mol. The van der Waals surface area contributed by atoms with Crippen molar-refractivity contribution in [2.45, 2.75) is 71.4 Å². The highest BCUT2D eigenvalue weighted by molar-refractivity contribution is 5.90. The fraction of sp³-hybridized carbons (Fsp3) is 0.640. The van der Waals surface area contributed by atoms with Gasteiger partial charge in [-0.1, -0.05) is 45.2 Å². The molecule has 3 rings (SSSR count). The first kappa shape index (κ1) is 24.1. The smallest absolute Gasteiger partial charge is 0.225 e. The Labute approximate surface area is 192 Å². The Morgan fingerprint density at radius 3 is 2.66 bits per heavy atom. The molecule has 0 spiro atoms. The van der Waals surface area contributed by atoms with Gasteiger partial charge in [0.15, 0.2) is 5.96 Å². The summed E-state index contributed by atoms with van der Waals surface area (Å²) in [5, 5.41) is 9.79. The number of hydrogen-bond acceptors (Lipinski definition) is 3. The normalized spacial score (nSPS) is 19.8. The molecule has 1 aliphatic heterocycles. The maximum atomic E-state index is 12.8. The first-order chi connectivity index (χ1) is 15.4. The summed E-state index contributed by atoms with van der Waals surface area (Å²) in [6.07, 6.45) is 7.19. The molecule has 1 heterocycles. The van der Waals surface area contributed by atoms with Crippen LogP contribution in [-0.2, 0) is 16.1 Å². The lowest BCUT2D eigenvalue weighted by Gasteiger charge is -2.26. The zero-order chi connectivity index (χ0) is 22.9. The summed E-state index contributed by atoms with van der Waals surface area (Å²) in [6, 6.07) is 8.09. The van der Waals surface area contributed by atoms with Crippen molar-refractivity contribution >= 4 is 23.5 Å². The second-order valence-electron chi connectivity index (χ2n) is 9.52. The first-order valence-corrected chi connectivity index (χ1v) is 12.1. The van der Waals surface area contributed by atoms with Crippen LogP contribution in [0.1, 0.15) is 64.4 Å². The number of hydrogen-bond donors (Lipinski definition) is 3. The van der Waals surface area contributed by atoms with Gasteiger partial charge < -0.3 is 20.9 Å². The molecule has 1 atom stereocenters. The van der Waals surface area contributed by atoms with Crippen LogP contribution in [0.5, 0.6) is 0 Å². The second kappa shape index (κ2) is 11.9. The van der Waals surface area contributed by atoms with Gasteiger partial charge in [0, 0.05) is 50.7 Å². The van der Waals surface area contributed by atoms with Crippen molar-refractivity contribution in [1.82, 2.24) is 15.5 Å². The molecule has 1 unspecified atom stereocenters. The number of carbonyl (C=O) groups excluding carboxylic acids is 2. The molecule has 2 aliphatic rings. The number of anilines is 1. The molecule has 1 saturated carbocycles. The third-order valence-electron chi connectivity index (χ3n) is 6.28. The quantitative estimate of drug-likeness (QED) is 0.446. The minimum absolute atomic E-state index is 0.0381. The van der Waals surface area contributed by atoms with Gasteiger partial charge in [-0.05, 0) is 42.9 Å². The average Bonchev–Trinajstić information content (AvgIpc) is 3.25. The largest absolute Gasteiger partial charge is 0.352 e. The van der Waals surface area contributed by atoms with Crippen LogP contribution in [0.15, 0.2) is 29.3 Å². The number of nitrogens with zero attached hydrogens (tertiary/aromatic N) is 2. The Hall–Kier alpha value is -2.57. The van der Waals surface area contributed by atoms with E-state index in [1.165, 1.54) is 19.3 Å². The van der Waals surface area contributed by atoms with Gasteiger partial charge in [-0.15, -0.1) is 0 Å². The molecule has 176 valence electrons. The predicted octanol–water partition coefficient (Wildman–Crippen LogP) is 3.52. The molecule has 7 heteroatoms. The van der Waals surface area contributed by atoms with E-state index in [1.807, 2.05) is 43.0 Å². The molecule has 1 aromatic rings. The highest BCUT2D eigenvalue weighted by atomic mass is 16.2. The zero-order valence-electron chi connectivity index (χ0n) is 19.8. The van der Waals surface area contributed by atoms with Crippen LogP contribution in [0.3, 0.4) is 0 Å². The topological polar surface area (TPSA) is 85.8 Å². The van der Waals surface area contributed by atoms with Gasteiger partial charge in [-0.2, -0.15) is 0 Å². The number of benzene rings is 1. The SMILES string of the molecule is CN=C(NCc1cccc(NC(=O)CC(C)C)c1)NC1CCN(C(=O)C2CCCCC2)C1. The summed E-state index contributed by atoms with van der Waals surface area (Å²) < 4.78 is 0. The van der Waals surface area contributed by atoms with Crippen molar-refractivity contribution in [1.29, 1.82) is 0 Å². The fourth-order valence-electron chi connectivity index (χ4n) is 4.60. The molecular weight excluding hydrogens is 402 g/mol. The number of guanidine groups is 1. The number of carbonyl (C=O) groups is 2. The van der Waals surface area contributed by atoms with Gasteiger partial charge in [0.05, 0.1) is 0 Å². The predicted molar refractivity (Wildman–Crippen MR) is 129 cm³/mol. The summed E-state index contributed by atoms with van der Waals surface area (Å²) >= 11 is 0. The Morgan fingerprint density at radius 1 is 1.16 bits per heavy atom. The van der Waals surface area contributed by atoms with E-state index in [4.69, 9.17) is 0 Å². The van der Waals surface area contributed by atoms with Crippen LogP contribution in [0.2, 0.25) is 0 Å².